The van der Waals surface area contributed by atoms with Gasteiger partial charge in [0, 0.05) is 0 Å². The molecule has 0 fully saturated rings. The van der Waals surface area contributed by atoms with E-state index in [-0.39, 0.29) is 0 Å². The van der Waals surface area contributed by atoms with Crippen molar-refractivity contribution in [1.82, 2.24) is 0 Å². The van der Waals surface area contributed by atoms with E-state index in [1.807, 2.05) is 12.1 Å². The number of benzene rings is 2. The zero-order chi connectivity index (χ0) is 14.5. The van der Waals surface area contributed by atoms with Gasteiger partial charge >= 0.3 is 0 Å². The topological polar surface area (TPSA) is 40.5 Å². The van der Waals surface area contributed by atoms with Crippen molar-refractivity contribution in [3.63, 3.8) is 0 Å². The molecule has 0 radical (unpaired) electrons. The third-order valence-corrected chi connectivity index (χ3v) is 3.87. The fourth-order valence-electron chi connectivity index (χ4n) is 2.80. The zero-order valence-electron chi connectivity index (χ0n) is 12.2. The van der Waals surface area contributed by atoms with Crippen molar-refractivity contribution in [2.45, 2.75) is 39.5 Å². The number of phenolic OH excluding ortho intramolecular Hbond substituents is 2. The first kappa shape index (κ1) is 14.4. The van der Waals surface area contributed by atoms with Gasteiger partial charge in [-0.05, 0) is 60.1 Å². The SMILES string of the molecule is CCc1c(O)cccc1CCc1cccc(O)c1CC. The van der Waals surface area contributed by atoms with E-state index in [0.29, 0.717) is 11.5 Å². The lowest BCUT2D eigenvalue weighted by atomic mass is 9.94. The van der Waals surface area contributed by atoms with Crippen molar-refractivity contribution in [2.24, 2.45) is 0 Å². The molecule has 0 saturated heterocycles. The predicted octanol–water partition coefficient (Wildman–Crippen LogP) is 4.01. The molecule has 0 heterocycles. The van der Waals surface area contributed by atoms with Gasteiger partial charge in [-0.3, -0.25) is 0 Å². The molecule has 2 aromatic carbocycles. The average molecular weight is 270 g/mol. The van der Waals surface area contributed by atoms with E-state index in [0.717, 1.165) is 36.8 Å². The number of aryl methyl sites for hydroxylation is 2. The second-order valence-corrected chi connectivity index (χ2v) is 5.04. The van der Waals surface area contributed by atoms with Gasteiger partial charge in [-0.2, -0.15) is 0 Å². The Morgan fingerprint density at radius 3 is 1.45 bits per heavy atom. The van der Waals surface area contributed by atoms with Crippen LogP contribution in [-0.2, 0) is 25.7 Å². The van der Waals surface area contributed by atoms with Crippen LogP contribution in [0.3, 0.4) is 0 Å². The number of aromatic hydroxyl groups is 2. The van der Waals surface area contributed by atoms with E-state index in [1.165, 1.54) is 11.1 Å². The molecule has 106 valence electrons. The summed E-state index contributed by atoms with van der Waals surface area (Å²) < 4.78 is 0. The third-order valence-electron chi connectivity index (χ3n) is 3.87. The minimum atomic E-state index is 0.386. The maximum Gasteiger partial charge on any atom is 0.119 e. The molecule has 2 rings (SSSR count). The van der Waals surface area contributed by atoms with Gasteiger partial charge < -0.3 is 10.2 Å². The van der Waals surface area contributed by atoms with Gasteiger partial charge in [0.1, 0.15) is 11.5 Å². The van der Waals surface area contributed by atoms with Gasteiger partial charge in [0.25, 0.3) is 0 Å². The van der Waals surface area contributed by atoms with Crippen molar-refractivity contribution in [3.8, 4) is 11.5 Å². The van der Waals surface area contributed by atoms with Gasteiger partial charge in [-0.25, -0.2) is 0 Å². The number of hydrogen-bond donors (Lipinski definition) is 2. The van der Waals surface area contributed by atoms with Gasteiger partial charge in [0.15, 0.2) is 0 Å². The van der Waals surface area contributed by atoms with Crippen LogP contribution in [0.15, 0.2) is 36.4 Å². The summed E-state index contributed by atoms with van der Waals surface area (Å²) >= 11 is 0. The zero-order valence-corrected chi connectivity index (χ0v) is 12.2. The molecule has 2 N–H and O–H groups in total. The van der Waals surface area contributed by atoms with Crippen LogP contribution in [0.1, 0.15) is 36.1 Å². The Balaban J connectivity index is 2.21. The van der Waals surface area contributed by atoms with Crippen LogP contribution in [0.5, 0.6) is 11.5 Å². The lowest BCUT2D eigenvalue weighted by molar-refractivity contribution is 0.466. The number of hydrogen-bond acceptors (Lipinski definition) is 2. The monoisotopic (exact) mass is 270 g/mol. The molecule has 0 aliphatic heterocycles. The Kier molecular flexibility index (Phi) is 4.67. The molecule has 2 heteroatoms. The van der Waals surface area contributed by atoms with E-state index >= 15 is 0 Å². The van der Waals surface area contributed by atoms with Gasteiger partial charge in [-0.1, -0.05) is 38.1 Å². The minimum absolute atomic E-state index is 0.386. The Hall–Kier alpha value is -1.96. The summed E-state index contributed by atoms with van der Waals surface area (Å²) in [5.74, 6) is 0.772. The highest BCUT2D eigenvalue weighted by Gasteiger charge is 2.09. The summed E-state index contributed by atoms with van der Waals surface area (Å²) in [5.41, 5.74) is 4.45. The summed E-state index contributed by atoms with van der Waals surface area (Å²) in [6.07, 6.45) is 3.44. The van der Waals surface area contributed by atoms with Crippen molar-refractivity contribution < 1.29 is 10.2 Å². The molecule has 0 aromatic heterocycles. The highest BCUT2D eigenvalue weighted by molar-refractivity contribution is 5.42. The molecule has 0 unspecified atom stereocenters. The molecule has 0 saturated carbocycles. The van der Waals surface area contributed by atoms with Crippen molar-refractivity contribution in [3.05, 3.63) is 58.7 Å². The van der Waals surface area contributed by atoms with E-state index in [1.54, 1.807) is 12.1 Å². The van der Waals surface area contributed by atoms with Crippen LogP contribution in [0.4, 0.5) is 0 Å². The fraction of sp³-hybridized carbons (Fsp3) is 0.333. The van der Waals surface area contributed by atoms with Crippen LogP contribution < -0.4 is 0 Å². The standard InChI is InChI=1S/C18H22O2/c1-3-15-13(7-5-9-17(15)19)11-12-14-8-6-10-18(20)16(14)4-2/h5-10,19-20H,3-4,11-12H2,1-2H3. The van der Waals surface area contributed by atoms with Crippen LogP contribution in [-0.4, -0.2) is 10.2 Å². The van der Waals surface area contributed by atoms with Crippen molar-refractivity contribution in [1.29, 1.82) is 0 Å². The number of phenols is 2. The summed E-state index contributed by atoms with van der Waals surface area (Å²) in [4.78, 5) is 0. The largest absolute Gasteiger partial charge is 0.508 e. The first-order valence-electron chi connectivity index (χ1n) is 7.26. The molecule has 2 nitrogen and oxygen atoms in total. The first-order valence-corrected chi connectivity index (χ1v) is 7.26. The lowest BCUT2D eigenvalue weighted by Crippen LogP contribution is -1.99. The summed E-state index contributed by atoms with van der Waals surface area (Å²) in [7, 11) is 0. The Morgan fingerprint density at radius 2 is 1.10 bits per heavy atom. The molecule has 0 amide bonds. The smallest absolute Gasteiger partial charge is 0.119 e. The van der Waals surface area contributed by atoms with Crippen molar-refractivity contribution in [2.75, 3.05) is 0 Å². The second-order valence-electron chi connectivity index (χ2n) is 5.04. The van der Waals surface area contributed by atoms with E-state index in [4.69, 9.17) is 0 Å². The molecule has 0 atom stereocenters. The van der Waals surface area contributed by atoms with Crippen LogP contribution in [0, 0.1) is 0 Å². The minimum Gasteiger partial charge on any atom is -0.508 e. The van der Waals surface area contributed by atoms with E-state index < -0.39 is 0 Å². The first-order chi connectivity index (χ1) is 9.67. The molecule has 0 spiro atoms. The molecular weight excluding hydrogens is 248 g/mol. The molecule has 20 heavy (non-hydrogen) atoms. The van der Waals surface area contributed by atoms with Crippen LogP contribution in [0.2, 0.25) is 0 Å². The second kappa shape index (κ2) is 6.47. The highest BCUT2D eigenvalue weighted by atomic mass is 16.3. The van der Waals surface area contributed by atoms with Gasteiger partial charge in [0.2, 0.25) is 0 Å². The normalized spacial score (nSPS) is 10.7. The summed E-state index contributed by atoms with van der Waals surface area (Å²) in [5, 5.41) is 19.8. The summed E-state index contributed by atoms with van der Waals surface area (Å²) in [6, 6.07) is 11.4. The molecule has 0 bridgehead atoms. The lowest BCUT2D eigenvalue weighted by Gasteiger charge is -2.12. The fourth-order valence-corrected chi connectivity index (χ4v) is 2.80. The van der Waals surface area contributed by atoms with Crippen molar-refractivity contribution >= 4 is 0 Å². The van der Waals surface area contributed by atoms with E-state index in [2.05, 4.69) is 26.0 Å². The summed E-state index contributed by atoms with van der Waals surface area (Å²) in [6.45, 7) is 4.12. The van der Waals surface area contributed by atoms with Gasteiger partial charge in [-0.15, -0.1) is 0 Å². The molecule has 0 aliphatic rings. The quantitative estimate of drug-likeness (QED) is 0.862. The number of rotatable bonds is 5. The molecule has 2 aromatic rings. The Bertz CT molecular complexity index is 534. The maximum atomic E-state index is 9.89. The third kappa shape index (κ3) is 2.96. The van der Waals surface area contributed by atoms with Crippen LogP contribution >= 0.6 is 0 Å². The Morgan fingerprint density at radius 1 is 0.700 bits per heavy atom. The van der Waals surface area contributed by atoms with E-state index in [9.17, 15) is 10.2 Å². The average Bonchev–Trinajstić information content (AvgIpc) is 2.45. The predicted molar refractivity (Wildman–Crippen MR) is 82.4 cm³/mol. The van der Waals surface area contributed by atoms with Crippen LogP contribution in [0.25, 0.3) is 0 Å². The highest BCUT2D eigenvalue weighted by Crippen LogP contribution is 2.26. The molecular formula is C18H22O2. The maximum absolute atomic E-state index is 9.89. The van der Waals surface area contributed by atoms with Gasteiger partial charge in [0.05, 0.1) is 0 Å². The molecule has 0 aliphatic carbocycles. The Labute approximate surface area is 120 Å².